The molecule has 0 aromatic heterocycles. The molecule has 8 nitrogen and oxygen atoms in total. The lowest BCUT2D eigenvalue weighted by Gasteiger charge is -2.30. The van der Waals surface area contributed by atoms with Gasteiger partial charge >= 0.3 is 5.97 Å². The number of anilines is 1. The minimum atomic E-state index is -4.22. The zero-order chi connectivity index (χ0) is 26.0. The van der Waals surface area contributed by atoms with Gasteiger partial charge < -0.3 is 14.6 Å². The summed E-state index contributed by atoms with van der Waals surface area (Å²) >= 11 is 0. The van der Waals surface area contributed by atoms with Crippen molar-refractivity contribution in [3.05, 3.63) is 58.9 Å². The summed E-state index contributed by atoms with van der Waals surface area (Å²) in [5.74, 6) is -0.667. The van der Waals surface area contributed by atoms with E-state index in [2.05, 4.69) is 4.72 Å². The molecule has 36 heavy (non-hydrogen) atoms. The normalized spacial score (nSPS) is 22.3. The molecular weight excluding hydrogens is 487 g/mol. The van der Waals surface area contributed by atoms with Gasteiger partial charge in [0, 0.05) is 19.6 Å². The average molecular weight is 519 g/mol. The van der Waals surface area contributed by atoms with E-state index in [9.17, 15) is 22.7 Å². The Hall–Kier alpha value is -2.95. The molecule has 4 rings (SSSR count). The Morgan fingerprint density at radius 1 is 1.31 bits per heavy atom. The van der Waals surface area contributed by atoms with Crippen LogP contribution in [-0.2, 0) is 14.8 Å². The number of carbonyl (C=O) groups is 1. The number of esters is 1. The quantitative estimate of drug-likeness (QED) is 0.540. The number of hydrogen-bond acceptors (Lipinski definition) is 7. The van der Waals surface area contributed by atoms with Crippen LogP contribution in [0.2, 0.25) is 0 Å². The number of aliphatic hydroxyl groups is 1. The summed E-state index contributed by atoms with van der Waals surface area (Å²) in [4.78, 5) is 14.6. The Balaban J connectivity index is 1.67. The Bertz CT molecular complexity index is 1280. The molecule has 0 aliphatic carbocycles. The number of methoxy groups -OCH3 is 1. The lowest BCUT2D eigenvalue weighted by molar-refractivity contribution is 0.0594. The fourth-order valence-corrected chi connectivity index (χ4v) is 5.82. The van der Waals surface area contributed by atoms with E-state index in [0.717, 1.165) is 24.2 Å². The van der Waals surface area contributed by atoms with Gasteiger partial charge in [-0.3, -0.25) is 9.62 Å². The van der Waals surface area contributed by atoms with Crippen molar-refractivity contribution < 1.29 is 32.2 Å². The number of nitrogens with one attached hydrogen (secondary N) is 1. The second-order valence-electron chi connectivity index (χ2n) is 9.37. The molecule has 3 atom stereocenters. The van der Waals surface area contributed by atoms with Crippen LogP contribution in [-0.4, -0.2) is 63.8 Å². The molecule has 2 N–H and O–H groups in total. The van der Waals surface area contributed by atoms with Crippen LogP contribution in [0.3, 0.4) is 0 Å². The maximum atomic E-state index is 14.0. The van der Waals surface area contributed by atoms with Crippen molar-refractivity contribution in [2.45, 2.75) is 37.2 Å². The number of nitrogens with zero attached hydrogens (tertiary/aromatic N) is 1. The van der Waals surface area contributed by atoms with Crippen molar-refractivity contribution >= 4 is 27.8 Å². The van der Waals surface area contributed by atoms with Gasteiger partial charge in [-0.1, -0.05) is 32.1 Å². The largest absolute Gasteiger partial charge is 0.492 e. The van der Waals surface area contributed by atoms with Gasteiger partial charge in [0.2, 0.25) is 0 Å². The number of carbonyl (C=O) groups excluding carboxylic acids is 1. The molecule has 1 saturated heterocycles. The molecule has 0 spiro atoms. The number of ether oxygens (including phenoxy) is 2. The zero-order valence-corrected chi connectivity index (χ0v) is 21.3. The molecule has 2 aliphatic rings. The molecule has 10 heteroatoms. The fraction of sp³-hybridized carbons (Fsp3) is 0.423. The Morgan fingerprint density at radius 2 is 2.08 bits per heavy atom. The van der Waals surface area contributed by atoms with Crippen molar-refractivity contribution in [1.82, 2.24) is 4.90 Å². The van der Waals surface area contributed by atoms with Gasteiger partial charge in [-0.15, -0.1) is 0 Å². The lowest BCUT2D eigenvalue weighted by Crippen LogP contribution is -2.25. The van der Waals surface area contributed by atoms with Crippen LogP contribution >= 0.6 is 0 Å². The van der Waals surface area contributed by atoms with E-state index in [0.29, 0.717) is 31.9 Å². The highest BCUT2D eigenvalue weighted by molar-refractivity contribution is 7.92. The number of benzene rings is 2. The van der Waals surface area contributed by atoms with Crippen molar-refractivity contribution in [3.63, 3.8) is 0 Å². The summed E-state index contributed by atoms with van der Waals surface area (Å²) in [6.45, 7) is 6.21. The van der Waals surface area contributed by atoms with Gasteiger partial charge in [0.25, 0.3) is 10.0 Å². The molecule has 194 valence electrons. The predicted molar refractivity (Wildman–Crippen MR) is 134 cm³/mol. The smallest absolute Gasteiger partial charge is 0.343 e. The van der Waals surface area contributed by atoms with Crippen molar-refractivity contribution in [3.8, 4) is 5.75 Å². The van der Waals surface area contributed by atoms with E-state index in [1.165, 1.54) is 19.2 Å². The Labute approximate surface area is 210 Å². The van der Waals surface area contributed by atoms with E-state index in [-0.39, 0.29) is 39.6 Å². The van der Waals surface area contributed by atoms with Crippen LogP contribution in [0.4, 0.5) is 10.1 Å². The standard InChI is InChI=1S/C26H31FN2O6S/c1-16-15-35-25-21(17(16)2)7-8-22(24(25)26(31)34-3)28-36(32,33)23-9-6-19(27)13-18(23)5-4-11-29-12-10-20(30)14-29/h4-9,13,16-17,20,28,30H,10-12,14-15H2,1-3H3/b5-4-/t16?,17?,20-/m0/s1. The summed E-state index contributed by atoms with van der Waals surface area (Å²) in [7, 11) is -3.00. The van der Waals surface area contributed by atoms with Crippen LogP contribution in [0.15, 0.2) is 41.3 Å². The third kappa shape index (κ3) is 5.40. The summed E-state index contributed by atoms with van der Waals surface area (Å²) < 4.78 is 54.2. The van der Waals surface area contributed by atoms with E-state index in [4.69, 9.17) is 9.47 Å². The van der Waals surface area contributed by atoms with Gasteiger partial charge in [0.05, 0.1) is 30.4 Å². The SMILES string of the molecule is COC(=O)c1c(NS(=O)(=O)c2ccc(F)cc2/C=C\CN2CC[C@H](O)C2)ccc2c1OCC(C)C2C. The molecule has 0 amide bonds. The van der Waals surface area contributed by atoms with Crippen LogP contribution in [0.1, 0.15) is 47.7 Å². The highest BCUT2D eigenvalue weighted by Gasteiger charge is 2.32. The van der Waals surface area contributed by atoms with E-state index >= 15 is 0 Å². The number of aliphatic hydroxyl groups excluding tert-OH is 1. The molecular formula is C26H31FN2O6S. The second kappa shape index (κ2) is 10.6. The van der Waals surface area contributed by atoms with E-state index < -0.39 is 21.8 Å². The summed E-state index contributed by atoms with van der Waals surface area (Å²) in [6.07, 6.45) is 3.59. The number of fused-ring (bicyclic) bond motifs is 1. The maximum absolute atomic E-state index is 14.0. The maximum Gasteiger partial charge on any atom is 0.343 e. The minimum absolute atomic E-state index is 0.00381. The molecule has 2 aromatic rings. The third-order valence-corrected chi connectivity index (χ3v) is 8.27. The van der Waals surface area contributed by atoms with Gasteiger partial charge in [0.1, 0.15) is 17.1 Å². The first-order valence-electron chi connectivity index (χ1n) is 11.9. The first-order valence-corrected chi connectivity index (χ1v) is 13.4. The molecule has 2 aromatic carbocycles. The molecule has 0 radical (unpaired) electrons. The number of sulfonamides is 1. The number of likely N-dealkylation sites (tertiary alicyclic amines) is 1. The monoisotopic (exact) mass is 518 g/mol. The van der Waals surface area contributed by atoms with Crippen molar-refractivity contribution in [2.75, 3.05) is 38.1 Å². The molecule has 1 fully saturated rings. The number of halogens is 1. The molecule has 0 bridgehead atoms. The lowest BCUT2D eigenvalue weighted by atomic mass is 9.85. The summed E-state index contributed by atoms with van der Waals surface area (Å²) in [5, 5.41) is 9.68. The van der Waals surface area contributed by atoms with Gasteiger partial charge in [-0.05, 0) is 53.6 Å². The van der Waals surface area contributed by atoms with Crippen molar-refractivity contribution in [1.29, 1.82) is 0 Å². The highest BCUT2D eigenvalue weighted by Crippen LogP contribution is 2.42. The van der Waals surface area contributed by atoms with Gasteiger partial charge in [-0.2, -0.15) is 0 Å². The predicted octanol–water partition coefficient (Wildman–Crippen LogP) is 3.62. The van der Waals surface area contributed by atoms with Gasteiger partial charge in [-0.25, -0.2) is 17.6 Å². The topological polar surface area (TPSA) is 105 Å². The summed E-state index contributed by atoms with van der Waals surface area (Å²) in [5.41, 5.74) is 0.991. The molecule has 2 aliphatic heterocycles. The first-order chi connectivity index (χ1) is 17.1. The first kappa shape index (κ1) is 26.1. The van der Waals surface area contributed by atoms with Crippen LogP contribution in [0.5, 0.6) is 5.75 Å². The van der Waals surface area contributed by atoms with Gasteiger partial charge in [0.15, 0.2) is 0 Å². The number of hydrogen-bond donors (Lipinski definition) is 2. The van der Waals surface area contributed by atoms with E-state index in [1.54, 1.807) is 18.2 Å². The highest BCUT2D eigenvalue weighted by atomic mass is 32.2. The number of rotatable bonds is 7. The second-order valence-corrected chi connectivity index (χ2v) is 11.0. The van der Waals surface area contributed by atoms with E-state index in [1.807, 2.05) is 18.7 Å². The van der Waals surface area contributed by atoms with Crippen molar-refractivity contribution in [2.24, 2.45) is 5.92 Å². The molecule has 2 unspecified atom stereocenters. The van der Waals surface area contributed by atoms with Crippen LogP contribution in [0.25, 0.3) is 6.08 Å². The fourth-order valence-electron chi connectivity index (χ4n) is 4.57. The Kier molecular flexibility index (Phi) is 7.67. The Morgan fingerprint density at radius 3 is 2.78 bits per heavy atom. The molecule has 0 saturated carbocycles. The average Bonchev–Trinajstić information content (AvgIpc) is 3.25. The van der Waals surface area contributed by atoms with Crippen LogP contribution < -0.4 is 9.46 Å². The van der Waals surface area contributed by atoms with Crippen LogP contribution in [0, 0.1) is 11.7 Å². The molecule has 2 heterocycles. The minimum Gasteiger partial charge on any atom is -0.492 e. The summed E-state index contributed by atoms with van der Waals surface area (Å²) in [6, 6.07) is 6.68. The zero-order valence-electron chi connectivity index (χ0n) is 20.5. The number of β-amino-alcohol motifs (C(OH)–C–C–N with tert-alkyl or cyclic N) is 1. The third-order valence-electron chi connectivity index (χ3n) is 6.83.